The summed E-state index contributed by atoms with van der Waals surface area (Å²) in [6.07, 6.45) is 3.17. The number of aliphatic imine (C=N–C) groups is 1. The molecule has 0 amide bonds. The van der Waals surface area contributed by atoms with Crippen molar-refractivity contribution in [2.75, 3.05) is 40.4 Å². The number of likely N-dealkylation sites (tertiary alicyclic amines) is 1. The highest BCUT2D eigenvalue weighted by Crippen LogP contribution is 2.28. The largest absolute Gasteiger partial charge is 0.497 e. The highest BCUT2D eigenvalue weighted by atomic mass is 127. The van der Waals surface area contributed by atoms with Gasteiger partial charge in [-0.15, -0.1) is 24.0 Å². The minimum Gasteiger partial charge on any atom is -0.497 e. The van der Waals surface area contributed by atoms with Crippen LogP contribution in [0.2, 0.25) is 0 Å². The molecular weight excluding hydrogens is 477 g/mol. The van der Waals surface area contributed by atoms with Gasteiger partial charge in [-0.1, -0.05) is 24.3 Å². The number of hydrogen-bond acceptors (Lipinski definition) is 3. The summed E-state index contributed by atoms with van der Waals surface area (Å²) < 4.78 is 10.9. The number of methoxy groups -OCH3 is 1. The van der Waals surface area contributed by atoms with Crippen LogP contribution in [0.15, 0.2) is 47.5 Å². The van der Waals surface area contributed by atoms with Crippen molar-refractivity contribution in [1.82, 2.24) is 10.2 Å². The molecule has 2 aromatic carbocycles. The molecule has 0 bridgehead atoms. The highest BCUT2D eigenvalue weighted by Gasteiger charge is 2.26. The zero-order valence-electron chi connectivity index (χ0n) is 17.2. The fraction of sp³-hybridized carbons (Fsp3) is 0.435. The van der Waals surface area contributed by atoms with Gasteiger partial charge in [0.2, 0.25) is 0 Å². The van der Waals surface area contributed by atoms with Gasteiger partial charge >= 0.3 is 0 Å². The molecule has 1 atom stereocenters. The number of halogens is 1. The molecule has 0 aliphatic carbocycles. The Morgan fingerprint density at radius 1 is 1.24 bits per heavy atom. The third kappa shape index (κ3) is 5.15. The number of rotatable bonds is 5. The Morgan fingerprint density at radius 3 is 2.83 bits per heavy atom. The number of nitrogens with zero attached hydrogens (tertiary/aromatic N) is 2. The van der Waals surface area contributed by atoms with Gasteiger partial charge in [0.15, 0.2) is 5.96 Å². The van der Waals surface area contributed by atoms with Gasteiger partial charge in [0.1, 0.15) is 11.5 Å². The number of nitrogens with one attached hydrogen (secondary N) is 1. The van der Waals surface area contributed by atoms with Gasteiger partial charge in [-0.2, -0.15) is 0 Å². The van der Waals surface area contributed by atoms with Crippen LogP contribution >= 0.6 is 24.0 Å². The van der Waals surface area contributed by atoms with E-state index in [-0.39, 0.29) is 24.0 Å². The summed E-state index contributed by atoms with van der Waals surface area (Å²) in [5, 5.41) is 3.54. The average molecular weight is 507 g/mol. The van der Waals surface area contributed by atoms with E-state index in [1.165, 1.54) is 16.7 Å². The number of hydrogen-bond donors (Lipinski definition) is 1. The van der Waals surface area contributed by atoms with Gasteiger partial charge in [-0.25, -0.2) is 0 Å². The predicted octanol–water partition coefficient (Wildman–Crippen LogP) is 3.86. The summed E-state index contributed by atoms with van der Waals surface area (Å²) in [5.74, 6) is 3.50. The molecule has 29 heavy (non-hydrogen) atoms. The number of fused-ring (bicyclic) bond motifs is 1. The van der Waals surface area contributed by atoms with E-state index in [0.717, 1.165) is 63.0 Å². The highest BCUT2D eigenvalue weighted by molar-refractivity contribution is 14.0. The molecule has 2 aliphatic heterocycles. The van der Waals surface area contributed by atoms with Crippen molar-refractivity contribution in [3.8, 4) is 11.5 Å². The van der Waals surface area contributed by atoms with Crippen molar-refractivity contribution in [2.45, 2.75) is 25.2 Å². The van der Waals surface area contributed by atoms with E-state index in [0.29, 0.717) is 5.92 Å². The molecule has 0 radical (unpaired) electrons. The molecule has 5 nitrogen and oxygen atoms in total. The molecule has 2 heterocycles. The van der Waals surface area contributed by atoms with Crippen molar-refractivity contribution in [2.24, 2.45) is 4.99 Å². The first kappa shape index (κ1) is 21.7. The Bertz CT molecular complexity index is 839. The molecule has 2 aliphatic rings. The first-order valence-electron chi connectivity index (χ1n) is 10.1. The maximum atomic E-state index is 5.59. The predicted molar refractivity (Wildman–Crippen MR) is 128 cm³/mol. The summed E-state index contributed by atoms with van der Waals surface area (Å²) in [6.45, 7) is 3.73. The molecule has 4 rings (SSSR count). The molecule has 0 saturated carbocycles. The molecule has 1 unspecified atom stereocenters. The van der Waals surface area contributed by atoms with Gasteiger partial charge in [-0.3, -0.25) is 4.99 Å². The third-order valence-corrected chi connectivity index (χ3v) is 5.74. The lowest BCUT2D eigenvalue weighted by molar-refractivity contribution is 0.357. The molecule has 1 saturated heterocycles. The third-order valence-electron chi connectivity index (χ3n) is 5.74. The lowest BCUT2D eigenvalue weighted by Gasteiger charge is -2.22. The number of benzene rings is 2. The van der Waals surface area contributed by atoms with E-state index in [9.17, 15) is 0 Å². The van der Waals surface area contributed by atoms with E-state index in [1.54, 1.807) is 7.11 Å². The lowest BCUT2D eigenvalue weighted by Crippen LogP contribution is -2.40. The second kappa shape index (κ2) is 10.2. The van der Waals surface area contributed by atoms with E-state index in [4.69, 9.17) is 9.47 Å². The monoisotopic (exact) mass is 507 g/mol. The molecule has 2 aromatic rings. The Morgan fingerprint density at radius 2 is 2.07 bits per heavy atom. The summed E-state index contributed by atoms with van der Waals surface area (Å²) in [5.41, 5.74) is 4.06. The average Bonchev–Trinajstić information content (AvgIpc) is 3.40. The summed E-state index contributed by atoms with van der Waals surface area (Å²) >= 11 is 0. The maximum Gasteiger partial charge on any atom is 0.193 e. The van der Waals surface area contributed by atoms with Crippen LogP contribution in [0.25, 0.3) is 0 Å². The fourth-order valence-corrected chi connectivity index (χ4v) is 4.15. The summed E-state index contributed by atoms with van der Waals surface area (Å²) in [4.78, 5) is 6.87. The fourth-order valence-electron chi connectivity index (χ4n) is 4.15. The second-order valence-corrected chi connectivity index (χ2v) is 7.47. The van der Waals surface area contributed by atoms with E-state index in [1.807, 2.05) is 19.2 Å². The molecule has 156 valence electrons. The molecule has 0 aromatic heterocycles. The number of ether oxygens (including phenoxy) is 2. The van der Waals surface area contributed by atoms with Crippen molar-refractivity contribution in [3.05, 3.63) is 59.2 Å². The van der Waals surface area contributed by atoms with Gasteiger partial charge in [0, 0.05) is 39.0 Å². The lowest BCUT2D eigenvalue weighted by atomic mass is 9.98. The smallest absolute Gasteiger partial charge is 0.193 e. The second-order valence-electron chi connectivity index (χ2n) is 7.47. The van der Waals surface area contributed by atoms with Crippen molar-refractivity contribution >= 4 is 29.9 Å². The summed E-state index contributed by atoms with van der Waals surface area (Å²) in [7, 11) is 3.58. The minimum atomic E-state index is 0. The van der Waals surface area contributed by atoms with Crippen LogP contribution in [0, 0.1) is 0 Å². The maximum absolute atomic E-state index is 5.59. The normalized spacial score (nSPS) is 18.1. The summed E-state index contributed by atoms with van der Waals surface area (Å²) in [6, 6.07) is 15.0. The van der Waals surface area contributed by atoms with Crippen LogP contribution in [-0.4, -0.2) is 51.3 Å². The zero-order valence-corrected chi connectivity index (χ0v) is 19.5. The van der Waals surface area contributed by atoms with Crippen LogP contribution < -0.4 is 14.8 Å². The van der Waals surface area contributed by atoms with Gasteiger partial charge < -0.3 is 19.7 Å². The van der Waals surface area contributed by atoms with Gasteiger partial charge in [0.05, 0.1) is 13.7 Å². The Labute approximate surface area is 190 Å². The van der Waals surface area contributed by atoms with E-state index < -0.39 is 0 Å². The first-order chi connectivity index (χ1) is 13.8. The zero-order chi connectivity index (χ0) is 19.3. The first-order valence-corrected chi connectivity index (χ1v) is 10.1. The Balaban J connectivity index is 0.00000240. The van der Waals surface area contributed by atoms with Gasteiger partial charge in [-0.05, 0) is 47.7 Å². The van der Waals surface area contributed by atoms with Crippen LogP contribution in [0.3, 0.4) is 0 Å². The SMILES string of the molecule is CN=C(NCCc1ccc2c(c1)CCO2)N1CCC(c2ccc(OC)cc2)C1.I. The Hall–Kier alpha value is -1.96. The quantitative estimate of drug-likeness (QED) is 0.380. The van der Waals surface area contributed by atoms with E-state index >= 15 is 0 Å². The van der Waals surface area contributed by atoms with Crippen molar-refractivity contribution in [1.29, 1.82) is 0 Å². The molecule has 6 heteroatoms. The van der Waals surface area contributed by atoms with Crippen LogP contribution in [0.4, 0.5) is 0 Å². The topological polar surface area (TPSA) is 46.1 Å². The Kier molecular flexibility index (Phi) is 7.64. The van der Waals surface area contributed by atoms with Crippen LogP contribution in [-0.2, 0) is 12.8 Å². The van der Waals surface area contributed by atoms with Crippen LogP contribution in [0.1, 0.15) is 29.0 Å². The van der Waals surface area contributed by atoms with E-state index in [2.05, 4.69) is 45.5 Å². The molecular formula is C23H30IN3O2. The van der Waals surface area contributed by atoms with Crippen molar-refractivity contribution < 1.29 is 9.47 Å². The van der Waals surface area contributed by atoms with Crippen LogP contribution in [0.5, 0.6) is 11.5 Å². The molecule has 1 N–H and O–H groups in total. The minimum absolute atomic E-state index is 0. The standard InChI is InChI=1S/C23H29N3O2.HI/c1-24-23(25-12-9-17-3-8-22-19(15-17)11-14-28-22)26-13-10-20(16-26)18-4-6-21(27-2)7-5-18;/h3-8,15,20H,9-14,16H2,1-2H3,(H,24,25);1H. The number of guanidine groups is 1. The molecule has 0 spiro atoms. The molecule has 1 fully saturated rings. The van der Waals surface area contributed by atoms with Gasteiger partial charge in [0.25, 0.3) is 0 Å². The van der Waals surface area contributed by atoms with Crippen molar-refractivity contribution in [3.63, 3.8) is 0 Å².